The molecule has 0 saturated heterocycles. The molecule has 138 valence electrons. The highest BCUT2D eigenvalue weighted by atomic mass is 35.5. The minimum Gasteiger partial charge on any atom is -0.346 e. The summed E-state index contributed by atoms with van der Waals surface area (Å²) in [5, 5.41) is 8.58. The molecule has 3 aromatic rings. The highest BCUT2D eigenvalue weighted by molar-refractivity contribution is 6.30. The number of benzene rings is 2. The second kappa shape index (κ2) is 6.86. The number of nitrogens with one attached hydrogen (secondary N) is 1. The number of rotatable bonds is 5. The topological polar surface area (TPSA) is 46.9 Å². The summed E-state index contributed by atoms with van der Waals surface area (Å²) >= 11 is 5.99. The summed E-state index contributed by atoms with van der Waals surface area (Å²) in [7, 11) is 0. The molecule has 1 aliphatic rings. The lowest BCUT2D eigenvalue weighted by atomic mass is 10.0. The quantitative estimate of drug-likeness (QED) is 0.709. The molecular weight excluding hydrogens is 358 g/mol. The summed E-state index contributed by atoms with van der Waals surface area (Å²) in [6.45, 7) is 3.98. The van der Waals surface area contributed by atoms with Crippen molar-refractivity contribution in [1.82, 2.24) is 15.1 Å². The molecule has 0 radical (unpaired) electrons. The summed E-state index contributed by atoms with van der Waals surface area (Å²) in [6, 6.07) is 17.7. The third-order valence-corrected chi connectivity index (χ3v) is 5.56. The van der Waals surface area contributed by atoms with E-state index in [0.29, 0.717) is 11.4 Å². The van der Waals surface area contributed by atoms with Gasteiger partial charge >= 0.3 is 0 Å². The lowest BCUT2D eigenvalue weighted by molar-refractivity contribution is -0.121. The normalized spacial score (nSPS) is 14.8. The van der Waals surface area contributed by atoms with Gasteiger partial charge in [-0.05, 0) is 56.5 Å². The molecule has 1 aliphatic carbocycles. The highest BCUT2D eigenvalue weighted by Crippen LogP contribution is 2.45. The Morgan fingerprint density at radius 3 is 2.41 bits per heavy atom. The molecule has 1 saturated carbocycles. The van der Waals surface area contributed by atoms with Crippen LogP contribution >= 0.6 is 11.6 Å². The van der Waals surface area contributed by atoms with E-state index in [1.807, 2.05) is 73.1 Å². The Hall–Kier alpha value is -2.59. The number of carbonyl (C=O) groups excluding carboxylic acids is 1. The molecule has 1 N–H and O–H groups in total. The molecule has 0 aliphatic heterocycles. The Morgan fingerprint density at radius 2 is 1.78 bits per heavy atom. The number of para-hydroxylation sites is 1. The van der Waals surface area contributed by atoms with Gasteiger partial charge in [-0.1, -0.05) is 41.9 Å². The van der Waals surface area contributed by atoms with E-state index in [9.17, 15) is 4.79 Å². The van der Waals surface area contributed by atoms with Crippen molar-refractivity contribution in [3.63, 3.8) is 0 Å². The number of hydrogen-bond acceptors (Lipinski definition) is 2. The molecule has 1 heterocycles. The largest absolute Gasteiger partial charge is 0.346 e. The first-order valence-corrected chi connectivity index (χ1v) is 9.54. The van der Waals surface area contributed by atoms with Crippen LogP contribution < -0.4 is 5.32 Å². The maximum absolute atomic E-state index is 12.8. The number of nitrogens with zero attached hydrogens (tertiary/aromatic N) is 2. The molecule has 1 fully saturated rings. The average Bonchev–Trinajstić information content (AvgIpc) is 3.39. The summed E-state index contributed by atoms with van der Waals surface area (Å²) in [5.74, 6) is 0.0289. The number of hydrogen-bond donors (Lipinski definition) is 1. The van der Waals surface area contributed by atoms with Crippen LogP contribution in [0.2, 0.25) is 5.02 Å². The van der Waals surface area contributed by atoms with Crippen LogP contribution in [-0.4, -0.2) is 15.7 Å². The molecule has 5 heteroatoms. The molecule has 1 amide bonds. The maximum Gasteiger partial charge on any atom is 0.225 e. The van der Waals surface area contributed by atoms with E-state index < -0.39 is 0 Å². The van der Waals surface area contributed by atoms with E-state index in [-0.39, 0.29) is 11.4 Å². The van der Waals surface area contributed by atoms with Crippen molar-refractivity contribution in [2.24, 2.45) is 0 Å². The molecule has 1 aromatic heterocycles. The molecule has 0 bridgehead atoms. The third kappa shape index (κ3) is 3.50. The lowest BCUT2D eigenvalue weighted by Gasteiger charge is -2.18. The summed E-state index contributed by atoms with van der Waals surface area (Å²) in [4.78, 5) is 12.8. The van der Waals surface area contributed by atoms with Gasteiger partial charge in [-0.15, -0.1) is 0 Å². The Labute approximate surface area is 164 Å². The standard InChI is InChI=1S/C22H22ClN3O/c1-15-20(16(2)26(25-15)19-6-4-3-5-7-19)14-21(27)24-22(12-13-22)17-8-10-18(23)11-9-17/h3-11H,12-14H2,1-2H3,(H,24,27). The summed E-state index contributed by atoms with van der Waals surface area (Å²) in [6.07, 6.45) is 2.25. The van der Waals surface area contributed by atoms with Crippen LogP contribution in [0, 0.1) is 13.8 Å². The van der Waals surface area contributed by atoms with Gasteiger partial charge < -0.3 is 5.32 Å². The van der Waals surface area contributed by atoms with Gasteiger partial charge in [0.25, 0.3) is 0 Å². The Kier molecular flexibility index (Phi) is 4.52. The van der Waals surface area contributed by atoms with Crippen LogP contribution in [0.1, 0.15) is 35.4 Å². The highest BCUT2D eigenvalue weighted by Gasteiger charge is 2.45. The van der Waals surface area contributed by atoms with Gasteiger partial charge in [0.1, 0.15) is 0 Å². The van der Waals surface area contributed by atoms with Crippen molar-refractivity contribution in [3.05, 3.63) is 82.1 Å². The minimum atomic E-state index is -0.237. The molecule has 4 nitrogen and oxygen atoms in total. The second-order valence-corrected chi connectivity index (χ2v) is 7.65. The van der Waals surface area contributed by atoms with Gasteiger partial charge in [0.15, 0.2) is 0 Å². The van der Waals surface area contributed by atoms with Gasteiger partial charge in [-0.3, -0.25) is 4.79 Å². The third-order valence-electron chi connectivity index (χ3n) is 5.30. The number of halogens is 1. The molecular formula is C22H22ClN3O. The first kappa shape index (κ1) is 17.8. The van der Waals surface area contributed by atoms with Gasteiger partial charge in [-0.25, -0.2) is 4.68 Å². The molecule has 0 spiro atoms. The number of aryl methyl sites for hydroxylation is 1. The Morgan fingerprint density at radius 1 is 1.11 bits per heavy atom. The predicted octanol–water partition coefficient (Wildman–Crippen LogP) is 4.49. The fourth-order valence-corrected chi connectivity index (χ4v) is 3.73. The van der Waals surface area contributed by atoms with Crippen LogP contribution in [0.4, 0.5) is 0 Å². The van der Waals surface area contributed by atoms with Crippen molar-refractivity contribution in [3.8, 4) is 5.69 Å². The predicted molar refractivity (Wildman–Crippen MR) is 107 cm³/mol. The second-order valence-electron chi connectivity index (χ2n) is 7.21. The zero-order valence-corrected chi connectivity index (χ0v) is 16.3. The number of amides is 1. The van der Waals surface area contributed by atoms with Crippen LogP contribution in [0.3, 0.4) is 0 Å². The zero-order valence-electron chi connectivity index (χ0n) is 15.5. The molecule has 2 aromatic carbocycles. The average molecular weight is 380 g/mol. The lowest BCUT2D eigenvalue weighted by Crippen LogP contribution is -2.36. The molecule has 4 rings (SSSR count). The molecule has 0 atom stereocenters. The van der Waals surface area contributed by atoms with E-state index in [1.165, 1.54) is 0 Å². The first-order chi connectivity index (χ1) is 13.0. The van der Waals surface area contributed by atoms with E-state index in [0.717, 1.165) is 41.0 Å². The van der Waals surface area contributed by atoms with Crippen LogP contribution in [-0.2, 0) is 16.8 Å². The summed E-state index contributed by atoms with van der Waals surface area (Å²) < 4.78 is 1.91. The van der Waals surface area contributed by atoms with Crippen LogP contribution in [0.5, 0.6) is 0 Å². The van der Waals surface area contributed by atoms with Gasteiger partial charge in [0, 0.05) is 16.3 Å². The van der Waals surface area contributed by atoms with Crippen LogP contribution in [0.25, 0.3) is 5.69 Å². The fourth-order valence-electron chi connectivity index (χ4n) is 3.60. The van der Waals surface area contributed by atoms with Gasteiger partial charge in [-0.2, -0.15) is 5.10 Å². The smallest absolute Gasteiger partial charge is 0.225 e. The van der Waals surface area contributed by atoms with Crippen molar-refractivity contribution < 1.29 is 4.79 Å². The van der Waals surface area contributed by atoms with E-state index in [1.54, 1.807) is 0 Å². The molecule has 27 heavy (non-hydrogen) atoms. The first-order valence-electron chi connectivity index (χ1n) is 9.16. The van der Waals surface area contributed by atoms with Crippen molar-refractivity contribution >= 4 is 17.5 Å². The van der Waals surface area contributed by atoms with Gasteiger partial charge in [0.05, 0.1) is 23.3 Å². The minimum absolute atomic E-state index is 0.0289. The van der Waals surface area contributed by atoms with Crippen molar-refractivity contribution in [2.45, 2.75) is 38.6 Å². The zero-order chi connectivity index (χ0) is 19.0. The Bertz CT molecular complexity index is 973. The fraction of sp³-hybridized carbons (Fsp3) is 0.273. The SMILES string of the molecule is Cc1nn(-c2ccccc2)c(C)c1CC(=O)NC1(c2ccc(Cl)cc2)CC1. The maximum atomic E-state index is 12.8. The Balaban J connectivity index is 1.52. The van der Waals surface area contributed by atoms with E-state index in [2.05, 4.69) is 10.4 Å². The molecule has 0 unspecified atom stereocenters. The van der Waals surface area contributed by atoms with Gasteiger partial charge in [0.2, 0.25) is 5.91 Å². The van der Waals surface area contributed by atoms with E-state index >= 15 is 0 Å². The van der Waals surface area contributed by atoms with Crippen molar-refractivity contribution in [1.29, 1.82) is 0 Å². The van der Waals surface area contributed by atoms with Crippen LogP contribution in [0.15, 0.2) is 54.6 Å². The number of aromatic nitrogens is 2. The number of carbonyl (C=O) groups is 1. The van der Waals surface area contributed by atoms with E-state index in [4.69, 9.17) is 11.6 Å². The van der Waals surface area contributed by atoms with Crippen molar-refractivity contribution in [2.75, 3.05) is 0 Å². The summed E-state index contributed by atoms with van der Waals surface area (Å²) in [5.41, 5.74) is 4.77. The monoisotopic (exact) mass is 379 g/mol.